The Bertz CT molecular complexity index is 171. The maximum Gasteiger partial charge on any atom is 0.224 e. The highest BCUT2D eigenvalue weighted by atomic mass is 35.5. The van der Waals surface area contributed by atoms with Gasteiger partial charge in [0.15, 0.2) is 0 Å². The van der Waals surface area contributed by atoms with E-state index < -0.39 is 0 Å². The fourth-order valence-electron chi connectivity index (χ4n) is 1.43. The molecular formula is C9H20ClN3O. The first-order valence-electron chi connectivity index (χ1n) is 4.95. The van der Waals surface area contributed by atoms with Gasteiger partial charge in [-0.05, 0) is 19.4 Å². The largest absolute Gasteiger partial charge is 0.352 e. The summed E-state index contributed by atoms with van der Waals surface area (Å²) < 4.78 is 0. The predicted octanol–water partition coefficient (Wildman–Crippen LogP) is -0.129. The van der Waals surface area contributed by atoms with Crippen molar-refractivity contribution in [2.75, 3.05) is 19.6 Å². The first kappa shape index (κ1) is 13.7. The van der Waals surface area contributed by atoms with Crippen molar-refractivity contribution >= 4 is 18.3 Å². The topological polar surface area (TPSA) is 67.2 Å². The van der Waals surface area contributed by atoms with E-state index in [0.29, 0.717) is 12.6 Å². The van der Waals surface area contributed by atoms with E-state index in [9.17, 15) is 4.79 Å². The second kappa shape index (κ2) is 7.04. The Balaban J connectivity index is 0.00000169. The summed E-state index contributed by atoms with van der Waals surface area (Å²) in [5.74, 6) is 0.0122. The van der Waals surface area contributed by atoms with Crippen LogP contribution in [-0.4, -0.2) is 31.6 Å². The molecule has 1 unspecified atom stereocenters. The van der Waals surface area contributed by atoms with Crippen molar-refractivity contribution in [3.63, 3.8) is 0 Å². The summed E-state index contributed by atoms with van der Waals surface area (Å²) in [6.07, 6.45) is 2.22. The standard InChI is InChI=1S/C9H19N3O.ClH/c1-7(5-10)9(13)12-8-3-2-4-11-6-8;/h7-8,11H,2-6,10H2,1H3,(H,12,13);1H/t7?,8-;/m1./s1. The van der Waals surface area contributed by atoms with Crippen LogP contribution < -0.4 is 16.4 Å². The van der Waals surface area contributed by atoms with Gasteiger partial charge in [0.25, 0.3) is 0 Å². The minimum atomic E-state index is -0.0677. The van der Waals surface area contributed by atoms with E-state index in [-0.39, 0.29) is 24.2 Å². The zero-order valence-electron chi connectivity index (χ0n) is 8.58. The van der Waals surface area contributed by atoms with Crippen LogP contribution in [0.4, 0.5) is 0 Å². The molecular weight excluding hydrogens is 202 g/mol. The number of rotatable bonds is 3. The van der Waals surface area contributed by atoms with Gasteiger partial charge in [0.1, 0.15) is 0 Å². The molecule has 84 valence electrons. The Morgan fingerprint density at radius 1 is 1.71 bits per heavy atom. The van der Waals surface area contributed by atoms with E-state index in [0.717, 1.165) is 25.9 Å². The van der Waals surface area contributed by atoms with Crippen LogP contribution in [0.2, 0.25) is 0 Å². The van der Waals surface area contributed by atoms with Crippen molar-refractivity contribution in [3.8, 4) is 0 Å². The third kappa shape index (κ3) is 4.26. The number of hydrogen-bond acceptors (Lipinski definition) is 3. The van der Waals surface area contributed by atoms with Gasteiger partial charge in [0.05, 0.1) is 0 Å². The van der Waals surface area contributed by atoms with E-state index in [1.165, 1.54) is 0 Å². The van der Waals surface area contributed by atoms with E-state index in [2.05, 4.69) is 10.6 Å². The lowest BCUT2D eigenvalue weighted by Gasteiger charge is -2.24. The van der Waals surface area contributed by atoms with Gasteiger partial charge >= 0.3 is 0 Å². The normalized spacial score (nSPS) is 23.4. The number of hydrogen-bond donors (Lipinski definition) is 3. The minimum absolute atomic E-state index is 0. The molecule has 1 saturated heterocycles. The van der Waals surface area contributed by atoms with Gasteiger partial charge in [-0.2, -0.15) is 0 Å². The third-order valence-corrected chi connectivity index (χ3v) is 2.44. The molecule has 14 heavy (non-hydrogen) atoms. The number of halogens is 1. The predicted molar refractivity (Wildman–Crippen MR) is 59.5 cm³/mol. The summed E-state index contributed by atoms with van der Waals surface area (Å²) in [7, 11) is 0. The Labute approximate surface area is 91.4 Å². The molecule has 1 rings (SSSR count). The highest BCUT2D eigenvalue weighted by molar-refractivity contribution is 5.85. The first-order valence-corrected chi connectivity index (χ1v) is 4.95. The molecule has 4 N–H and O–H groups in total. The fraction of sp³-hybridized carbons (Fsp3) is 0.889. The molecule has 0 spiro atoms. The zero-order chi connectivity index (χ0) is 9.68. The summed E-state index contributed by atoms with van der Waals surface area (Å²) in [4.78, 5) is 11.4. The van der Waals surface area contributed by atoms with Crippen molar-refractivity contribution in [3.05, 3.63) is 0 Å². The molecule has 1 fully saturated rings. The molecule has 2 atom stereocenters. The van der Waals surface area contributed by atoms with Crippen molar-refractivity contribution < 1.29 is 4.79 Å². The van der Waals surface area contributed by atoms with Crippen LogP contribution in [0.15, 0.2) is 0 Å². The summed E-state index contributed by atoms with van der Waals surface area (Å²) in [5.41, 5.74) is 5.40. The molecule has 0 bridgehead atoms. The quantitative estimate of drug-likeness (QED) is 0.622. The molecule has 0 radical (unpaired) electrons. The number of nitrogens with one attached hydrogen (secondary N) is 2. The SMILES string of the molecule is CC(CN)C(=O)N[C@@H]1CCCNC1.Cl. The Morgan fingerprint density at radius 2 is 2.43 bits per heavy atom. The Morgan fingerprint density at radius 3 is 2.93 bits per heavy atom. The van der Waals surface area contributed by atoms with E-state index in [1.54, 1.807) is 0 Å². The summed E-state index contributed by atoms with van der Waals surface area (Å²) in [6, 6.07) is 0.301. The highest BCUT2D eigenvalue weighted by Crippen LogP contribution is 2.02. The van der Waals surface area contributed by atoms with Crippen LogP contribution in [-0.2, 0) is 4.79 Å². The lowest BCUT2D eigenvalue weighted by atomic mass is 10.1. The monoisotopic (exact) mass is 221 g/mol. The van der Waals surface area contributed by atoms with Crippen molar-refractivity contribution in [1.82, 2.24) is 10.6 Å². The summed E-state index contributed by atoms with van der Waals surface area (Å²) in [6.45, 7) is 4.24. The maximum absolute atomic E-state index is 11.4. The van der Waals surface area contributed by atoms with Gasteiger partial charge in [-0.3, -0.25) is 4.79 Å². The average Bonchev–Trinajstić information content (AvgIpc) is 2.18. The molecule has 0 aromatic rings. The zero-order valence-corrected chi connectivity index (χ0v) is 9.40. The van der Waals surface area contributed by atoms with Crippen LogP contribution in [0, 0.1) is 5.92 Å². The molecule has 1 amide bonds. The molecule has 0 aliphatic carbocycles. The molecule has 1 aliphatic heterocycles. The molecule has 0 saturated carbocycles. The van der Waals surface area contributed by atoms with Crippen molar-refractivity contribution in [2.45, 2.75) is 25.8 Å². The van der Waals surface area contributed by atoms with Gasteiger partial charge in [0.2, 0.25) is 5.91 Å². The van der Waals surface area contributed by atoms with Crippen molar-refractivity contribution in [2.24, 2.45) is 11.7 Å². The number of amides is 1. The Kier molecular flexibility index (Phi) is 6.87. The second-order valence-corrected chi connectivity index (χ2v) is 3.69. The van der Waals surface area contributed by atoms with Crippen LogP contribution >= 0.6 is 12.4 Å². The van der Waals surface area contributed by atoms with E-state index in [4.69, 9.17) is 5.73 Å². The average molecular weight is 222 g/mol. The van der Waals surface area contributed by atoms with Gasteiger partial charge in [0, 0.05) is 25.0 Å². The maximum atomic E-state index is 11.4. The van der Waals surface area contributed by atoms with Gasteiger partial charge in [-0.15, -0.1) is 12.4 Å². The van der Waals surface area contributed by atoms with E-state index in [1.807, 2.05) is 6.92 Å². The smallest absolute Gasteiger partial charge is 0.224 e. The number of piperidine rings is 1. The molecule has 4 nitrogen and oxygen atoms in total. The number of nitrogens with two attached hydrogens (primary N) is 1. The molecule has 0 aromatic heterocycles. The lowest BCUT2D eigenvalue weighted by molar-refractivity contribution is -0.125. The fourth-order valence-corrected chi connectivity index (χ4v) is 1.43. The van der Waals surface area contributed by atoms with Crippen molar-refractivity contribution in [1.29, 1.82) is 0 Å². The molecule has 0 aromatic carbocycles. The second-order valence-electron chi connectivity index (χ2n) is 3.69. The lowest BCUT2D eigenvalue weighted by Crippen LogP contribution is -2.47. The molecule has 1 aliphatic rings. The van der Waals surface area contributed by atoms with Crippen LogP contribution in [0.25, 0.3) is 0 Å². The molecule has 1 heterocycles. The van der Waals surface area contributed by atoms with Crippen LogP contribution in [0.3, 0.4) is 0 Å². The molecule has 5 heteroatoms. The van der Waals surface area contributed by atoms with Gasteiger partial charge in [-0.1, -0.05) is 6.92 Å². The number of carbonyl (C=O) groups is 1. The Hall–Kier alpha value is -0.320. The summed E-state index contributed by atoms with van der Waals surface area (Å²) in [5, 5.41) is 6.24. The van der Waals surface area contributed by atoms with E-state index >= 15 is 0 Å². The third-order valence-electron chi connectivity index (χ3n) is 2.44. The first-order chi connectivity index (χ1) is 6.24. The minimum Gasteiger partial charge on any atom is -0.352 e. The van der Waals surface area contributed by atoms with Gasteiger partial charge in [-0.25, -0.2) is 0 Å². The summed E-state index contributed by atoms with van der Waals surface area (Å²) >= 11 is 0. The van der Waals surface area contributed by atoms with Crippen LogP contribution in [0.1, 0.15) is 19.8 Å². The van der Waals surface area contributed by atoms with Crippen LogP contribution in [0.5, 0.6) is 0 Å². The van der Waals surface area contributed by atoms with Gasteiger partial charge < -0.3 is 16.4 Å². The highest BCUT2D eigenvalue weighted by Gasteiger charge is 2.17. The number of carbonyl (C=O) groups excluding carboxylic acids is 1.